The highest BCUT2D eigenvalue weighted by Crippen LogP contribution is 2.28. The van der Waals surface area contributed by atoms with Gasteiger partial charge in [0.1, 0.15) is 0 Å². The average molecular weight is 320 g/mol. The second kappa shape index (κ2) is 7.80. The van der Waals surface area contributed by atoms with Gasteiger partial charge < -0.3 is 10.2 Å². The summed E-state index contributed by atoms with van der Waals surface area (Å²) in [6.07, 6.45) is 3.28. The Kier molecular flexibility index (Phi) is 6.04. The lowest BCUT2D eigenvalue weighted by atomic mass is 10.0. The van der Waals surface area contributed by atoms with Crippen molar-refractivity contribution in [3.05, 3.63) is 35.5 Å². The van der Waals surface area contributed by atoms with Crippen LogP contribution in [0.3, 0.4) is 0 Å². The molecule has 3 nitrogen and oxygen atoms in total. The number of fused-ring (bicyclic) bond motifs is 1. The van der Waals surface area contributed by atoms with Gasteiger partial charge in [0.15, 0.2) is 0 Å². The minimum atomic E-state index is 0. The molecule has 3 rings (SSSR count). The molecule has 22 heavy (non-hydrogen) atoms. The molecule has 0 saturated carbocycles. The number of benzene rings is 1. The van der Waals surface area contributed by atoms with E-state index in [0.29, 0.717) is 0 Å². The van der Waals surface area contributed by atoms with Gasteiger partial charge >= 0.3 is 0 Å². The summed E-state index contributed by atoms with van der Waals surface area (Å²) in [5, 5.41) is 4.75. The number of nitrogens with one attached hydrogen (secondary N) is 1. The van der Waals surface area contributed by atoms with E-state index in [0.717, 1.165) is 51.0 Å². The Morgan fingerprint density at radius 2 is 1.91 bits per heavy atom. The SMILES string of the molecule is CCCc1cc(N2CCNCC2)c2cc(CC)ccc2n1.Cl. The maximum absolute atomic E-state index is 4.85. The Hall–Kier alpha value is -1.32. The van der Waals surface area contributed by atoms with Crippen molar-refractivity contribution in [3.8, 4) is 0 Å². The third-order valence-electron chi connectivity index (χ3n) is 4.28. The topological polar surface area (TPSA) is 28.2 Å². The van der Waals surface area contributed by atoms with Crippen LogP contribution in [0.4, 0.5) is 5.69 Å². The van der Waals surface area contributed by atoms with E-state index in [-0.39, 0.29) is 12.4 Å². The summed E-state index contributed by atoms with van der Waals surface area (Å²) in [7, 11) is 0. The Morgan fingerprint density at radius 1 is 1.14 bits per heavy atom. The summed E-state index contributed by atoms with van der Waals surface area (Å²) in [6.45, 7) is 8.74. The van der Waals surface area contributed by atoms with Gasteiger partial charge in [-0.3, -0.25) is 4.98 Å². The number of nitrogens with zero attached hydrogens (tertiary/aromatic N) is 2. The van der Waals surface area contributed by atoms with Gasteiger partial charge in [0.25, 0.3) is 0 Å². The van der Waals surface area contributed by atoms with Crippen molar-refractivity contribution in [1.82, 2.24) is 10.3 Å². The fourth-order valence-corrected chi connectivity index (χ4v) is 3.08. The Balaban J connectivity index is 0.00000176. The lowest BCUT2D eigenvalue weighted by Crippen LogP contribution is -2.43. The van der Waals surface area contributed by atoms with Gasteiger partial charge in [0, 0.05) is 42.9 Å². The van der Waals surface area contributed by atoms with Crippen LogP contribution in [-0.4, -0.2) is 31.2 Å². The molecule has 2 heterocycles. The van der Waals surface area contributed by atoms with E-state index in [1.54, 1.807) is 0 Å². The van der Waals surface area contributed by atoms with Crippen molar-refractivity contribution in [1.29, 1.82) is 0 Å². The highest BCUT2D eigenvalue weighted by molar-refractivity contribution is 5.92. The standard InChI is InChI=1S/C18H25N3.ClH/c1-3-5-15-13-18(21-10-8-19-9-11-21)16-12-14(4-2)6-7-17(16)20-15;/h6-7,12-13,19H,3-5,8-11H2,1-2H3;1H. The molecule has 0 atom stereocenters. The maximum Gasteiger partial charge on any atom is 0.0726 e. The van der Waals surface area contributed by atoms with Crippen LogP contribution in [0.15, 0.2) is 24.3 Å². The third kappa shape index (κ3) is 3.53. The number of anilines is 1. The second-order valence-electron chi connectivity index (χ2n) is 5.82. The first kappa shape index (κ1) is 17.0. The van der Waals surface area contributed by atoms with E-state index in [1.165, 1.54) is 22.3 Å². The molecule has 1 aliphatic heterocycles. The molecule has 0 radical (unpaired) electrons. The zero-order valence-electron chi connectivity index (χ0n) is 13.6. The van der Waals surface area contributed by atoms with E-state index in [1.807, 2.05) is 0 Å². The van der Waals surface area contributed by atoms with Crippen molar-refractivity contribution < 1.29 is 0 Å². The van der Waals surface area contributed by atoms with Gasteiger partial charge in [-0.1, -0.05) is 26.3 Å². The number of rotatable bonds is 4. The molecule has 1 saturated heterocycles. The van der Waals surface area contributed by atoms with Crippen LogP contribution in [0, 0.1) is 0 Å². The smallest absolute Gasteiger partial charge is 0.0726 e. The normalized spacial score (nSPS) is 14.9. The van der Waals surface area contributed by atoms with Gasteiger partial charge in [-0.15, -0.1) is 12.4 Å². The van der Waals surface area contributed by atoms with Gasteiger partial charge in [0.2, 0.25) is 0 Å². The van der Waals surface area contributed by atoms with Crippen LogP contribution in [0.5, 0.6) is 0 Å². The molecule has 0 spiro atoms. The van der Waals surface area contributed by atoms with Crippen LogP contribution >= 0.6 is 12.4 Å². The highest BCUT2D eigenvalue weighted by atomic mass is 35.5. The summed E-state index contributed by atoms with van der Waals surface area (Å²) in [5.74, 6) is 0. The zero-order valence-corrected chi connectivity index (χ0v) is 14.4. The van der Waals surface area contributed by atoms with E-state index < -0.39 is 0 Å². The summed E-state index contributed by atoms with van der Waals surface area (Å²) >= 11 is 0. The number of hydrogen-bond donors (Lipinski definition) is 1. The van der Waals surface area contributed by atoms with Crippen molar-refractivity contribution in [2.45, 2.75) is 33.1 Å². The second-order valence-corrected chi connectivity index (χ2v) is 5.82. The number of aromatic nitrogens is 1. The van der Waals surface area contributed by atoms with Gasteiger partial charge in [-0.2, -0.15) is 0 Å². The molecule has 0 aliphatic carbocycles. The van der Waals surface area contributed by atoms with E-state index >= 15 is 0 Å². The van der Waals surface area contributed by atoms with Crippen LogP contribution in [0.25, 0.3) is 10.9 Å². The number of aryl methyl sites for hydroxylation is 2. The summed E-state index contributed by atoms with van der Waals surface area (Å²) in [5.41, 5.74) is 5.14. The average Bonchev–Trinajstić information content (AvgIpc) is 2.55. The van der Waals surface area contributed by atoms with Gasteiger partial charge in [0.05, 0.1) is 5.52 Å². The van der Waals surface area contributed by atoms with Crippen molar-refractivity contribution >= 4 is 29.0 Å². The Labute approximate surface area is 139 Å². The first-order valence-corrected chi connectivity index (χ1v) is 8.20. The largest absolute Gasteiger partial charge is 0.368 e. The first-order valence-electron chi connectivity index (χ1n) is 8.20. The monoisotopic (exact) mass is 319 g/mol. The lowest BCUT2D eigenvalue weighted by Gasteiger charge is -2.30. The van der Waals surface area contributed by atoms with Gasteiger partial charge in [-0.25, -0.2) is 0 Å². The molecule has 2 aromatic rings. The Morgan fingerprint density at radius 3 is 2.59 bits per heavy atom. The number of pyridine rings is 1. The predicted octanol–water partition coefficient (Wildman–Crippen LogP) is 3.58. The van der Waals surface area contributed by atoms with Crippen molar-refractivity contribution in [2.24, 2.45) is 0 Å². The minimum absolute atomic E-state index is 0. The number of piperazine rings is 1. The molecule has 120 valence electrons. The van der Waals surface area contributed by atoms with Crippen molar-refractivity contribution in [2.75, 3.05) is 31.1 Å². The fraction of sp³-hybridized carbons (Fsp3) is 0.500. The summed E-state index contributed by atoms with van der Waals surface area (Å²) in [6, 6.07) is 9.05. The maximum atomic E-state index is 4.85. The quantitative estimate of drug-likeness (QED) is 0.933. The molecule has 0 bridgehead atoms. The predicted molar refractivity (Wildman–Crippen MR) is 97.4 cm³/mol. The highest BCUT2D eigenvalue weighted by Gasteiger charge is 2.15. The van der Waals surface area contributed by atoms with E-state index in [2.05, 4.69) is 48.3 Å². The minimum Gasteiger partial charge on any atom is -0.368 e. The molecule has 0 amide bonds. The molecule has 1 fully saturated rings. The summed E-state index contributed by atoms with van der Waals surface area (Å²) in [4.78, 5) is 7.37. The zero-order chi connectivity index (χ0) is 14.7. The molecule has 0 unspecified atom stereocenters. The molecule has 4 heteroatoms. The third-order valence-corrected chi connectivity index (χ3v) is 4.28. The van der Waals surface area contributed by atoms with Crippen LogP contribution in [-0.2, 0) is 12.8 Å². The van der Waals surface area contributed by atoms with Gasteiger partial charge in [-0.05, 0) is 36.6 Å². The molecule has 1 aliphatic rings. The lowest BCUT2D eigenvalue weighted by molar-refractivity contribution is 0.590. The number of hydrogen-bond acceptors (Lipinski definition) is 3. The first-order chi connectivity index (χ1) is 10.3. The van der Waals surface area contributed by atoms with Crippen molar-refractivity contribution in [3.63, 3.8) is 0 Å². The van der Waals surface area contributed by atoms with E-state index in [4.69, 9.17) is 4.98 Å². The van der Waals surface area contributed by atoms with Crippen LogP contribution in [0.1, 0.15) is 31.5 Å². The molecule has 1 N–H and O–H groups in total. The van der Waals surface area contributed by atoms with Crippen LogP contribution < -0.4 is 10.2 Å². The molecular weight excluding hydrogens is 294 g/mol. The molecule has 1 aromatic carbocycles. The summed E-state index contributed by atoms with van der Waals surface area (Å²) < 4.78 is 0. The van der Waals surface area contributed by atoms with E-state index in [9.17, 15) is 0 Å². The van der Waals surface area contributed by atoms with Crippen LogP contribution in [0.2, 0.25) is 0 Å². The molecule has 1 aromatic heterocycles. The Bertz CT molecular complexity index is 621. The number of halogens is 1. The molecular formula is C18H26ClN3. The fourth-order valence-electron chi connectivity index (χ4n) is 3.08.